The monoisotopic (exact) mass is 272 g/mol. The Bertz CT molecular complexity index is 533. The standard InChI is InChI=1S/C12H11F3N2O2/c1-3-8-9(6-16)11(19-12(13,14)15)5-4-10(8)17-7(2)18/h4-5H,3H2,1-2H3,(H,17,18). The van der Waals surface area contributed by atoms with Crippen molar-refractivity contribution in [2.45, 2.75) is 26.6 Å². The van der Waals surface area contributed by atoms with Gasteiger partial charge in [-0.1, -0.05) is 6.92 Å². The second-order valence-electron chi connectivity index (χ2n) is 3.66. The van der Waals surface area contributed by atoms with Crippen LogP contribution in [0.3, 0.4) is 0 Å². The van der Waals surface area contributed by atoms with Gasteiger partial charge in [0.1, 0.15) is 11.8 Å². The van der Waals surface area contributed by atoms with Crippen molar-refractivity contribution in [3.8, 4) is 11.8 Å². The Labute approximate surface area is 107 Å². The van der Waals surface area contributed by atoms with Crippen molar-refractivity contribution in [2.75, 3.05) is 5.32 Å². The molecule has 0 unspecified atom stereocenters. The quantitative estimate of drug-likeness (QED) is 0.920. The Morgan fingerprint density at radius 1 is 1.47 bits per heavy atom. The molecular weight excluding hydrogens is 261 g/mol. The number of nitrogens with zero attached hydrogens (tertiary/aromatic N) is 1. The van der Waals surface area contributed by atoms with E-state index >= 15 is 0 Å². The van der Waals surface area contributed by atoms with Gasteiger partial charge in [0.2, 0.25) is 5.91 Å². The van der Waals surface area contributed by atoms with Gasteiger partial charge in [-0.15, -0.1) is 13.2 Å². The fraction of sp³-hybridized carbons (Fsp3) is 0.333. The van der Waals surface area contributed by atoms with Gasteiger partial charge in [0, 0.05) is 12.6 Å². The Morgan fingerprint density at radius 2 is 2.11 bits per heavy atom. The van der Waals surface area contributed by atoms with E-state index in [-0.39, 0.29) is 17.9 Å². The molecule has 19 heavy (non-hydrogen) atoms. The first-order valence-electron chi connectivity index (χ1n) is 5.37. The summed E-state index contributed by atoms with van der Waals surface area (Å²) >= 11 is 0. The van der Waals surface area contributed by atoms with Crippen molar-refractivity contribution in [1.82, 2.24) is 0 Å². The van der Waals surface area contributed by atoms with Crippen molar-refractivity contribution < 1.29 is 22.7 Å². The molecule has 0 aromatic heterocycles. The van der Waals surface area contributed by atoms with Gasteiger partial charge in [-0.05, 0) is 24.1 Å². The molecule has 102 valence electrons. The van der Waals surface area contributed by atoms with Gasteiger partial charge in [-0.2, -0.15) is 5.26 Å². The zero-order chi connectivity index (χ0) is 14.6. The maximum absolute atomic E-state index is 12.2. The predicted octanol–water partition coefficient (Wildman–Crippen LogP) is 2.98. The fourth-order valence-corrected chi connectivity index (χ4v) is 1.63. The highest BCUT2D eigenvalue weighted by molar-refractivity contribution is 5.90. The minimum absolute atomic E-state index is 0.230. The molecule has 1 aromatic carbocycles. The third kappa shape index (κ3) is 3.88. The molecule has 1 N–H and O–H groups in total. The van der Waals surface area contributed by atoms with Crippen molar-refractivity contribution in [1.29, 1.82) is 5.26 Å². The highest BCUT2D eigenvalue weighted by Gasteiger charge is 2.32. The number of benzene rings is 1. The van der Waals surface area contributed by atoms with Crippen LogP contribution in [0.4, 0.5) is 18.9 Å². The van der Waals surface area contributed by atoms with Crippen LogP contribution in [-0.4, -0.2) is 12.3 Å². The summed E-state index contributed by atoms with van der Waals surface area (Å²) in [6.07, 6.45) is -4.58. The summed E-state index contributed by atoms with van der Waals surface area (Å²) in [6, 6.07) is 3.97. The van der Waals surface area contributed by atoms with E-state index in [1.54, 1.807) is 13.0 Å². The van der Waals surface area contributed by atoms with Crippen LogP contribution in [0.15, 0.2) is 12.1 Å². The van der Waals surface area contributed by atoms with E-state index < -0.39 is 12.1 Å². The van der Waals surface area contributed by atoms with Crippen molar-refractivity contribution in [3.63, 3.8) is 0 Å². The average molecular weight is 272 g/mol. The van der Waals surface area contributed by atoms with E-state index in [1.807, 2.05) is 0 Å². The molecule has 0 aliphatic rings. The van der Waals surface area contributed by atoms with E-state index in [0.29, 0.717) is 11.3 Å². The summed E-state index contributed by atoms with van der Waals surface area (Å²) in [5.74, 6) is -0.941. The molecule has 1 aromatic rings. The van der Waals surface area contributed by atoms with E-state index in [0.717, 1.165) is 6.07 Å². The molecular formula is C12H11F3N2O2. The summed E-state index contributed by atoms with van der Waals surface area (Å²) in [5.41, 5.74) is 0.381. The predicted molar refractivity (Wildman–Crippen MR) is 61.5 cm³/mol. The summed E-state index contributed by atoms with van der Waals surface area (Å²) in [7, 11) is 0. The van der Waals surface area contributed by atoms with Gasteiger partial charge in [0.05, 0.1) is 5.56 Å². The summed E-state index contributed by atoms with van der Waals surface area (Å²) in [4.78, 5) is 11.0. The second-order valence-corrected chi connectivity index (χ2v) is 3.66. The molecule has 0 saturated heterocycles. The van der Waals surface area contributed by atoms with Gasteiger partial charge < -0.3 is 10.1 Å². The zero-order valence-corrected chi connectivity index (χ0v) is 10.3. The lowest BCUT2D eigenvalue weighted by Gasteiger charge is -2.15. The zero-order valence-electron chi connectivity index (χ0n) is 10.3. The SMILES string of the molecule is CCc1c(NC(C)=O)ccc(OC(F)(F)F)c1C#N. The molecule has 0 bridgehead atoms. The van der Waals surface area contributed by atoms with Crippen LogP contribution in [0.2, 0.25) is 0 Å². The van der Waals surface area contributed by atoms with Crippen LogP contribution in [0.25, 0.3) is 0 Å². The normalized spacial score (nSPS) is 10.7. The number of ether oxygens (including phenoxy) is 1. The summed E-state index contributed by atoms with van der Waals surface area (Å²) in [6.45, 7) is 2.93. The van der Waals surface area contributed by atoms with Gasteiger partial charge in [0.25, 0.3) is 0 Å². The fourth-order valence-electron chi connectivity index (χ4n) is 1.63. The number of carbonyl (C=O) groups excluding carboxylic acids is 1. The summed E-state index contributed by atoms with van der Waals surface area (Å²) < 4.78 is 40.4. The first-order chi connectivity index (χ1) is 8.78. The number of amides is 1. The molecule has 0 aliphatic heterocycles. The number of rotatable bonds is 3. The highest BCUT2D eigenvalue weighted by Crippen LogP contribution is 2.32. The highest BCUT2D eigenvalue weighted by atomic mass is 19.4. The molecule has 0 atom stereocenters. The van der Waals surface area contributed by atoms with E-state index in [2.05, 4.69) is 10.1 Å². The molecule has 4 nitrogen and oxygen atoms in total. The first-order valence-corrected chi connectivity index (χ1v) is 5.37. The Hall–Kier alpha value is -2.23. The van der Waals surface area contributed by atoms with Gasteiger partial charge >= 0.3 is 6.36 Å². The Kier molecular flexibility index (Phi) is 4.38. The number of nitriles is 1. The molecule has 0 spiro atoms. The van der Waals surface area contributed by atoms with Gasteiger partial charge in [0.15, 0.2) is 0 Å². The minimum atomic E-state index is -4.87. The summed E-state index contributed by atoms with van der Waals surface area (Å²) in [5, 5.41) is 11.4. The van der Waals surface area contributed by atoms with Crippen LogP contribution >= 0.6 is 0 Å². The number of alkyl halides is 3. The molecule has 1 amide bonds. The maximum atomic E-state index is 12.2. The largest absolute Gasteiger partial charge is 0.573 e. The lowest BCUT2D eigenvalue weighted by Crippen LogP contribution is -2.18. The molecule has 0 fully saturated rings. The van der Waals surface area contributed by atoms with Crippen molar-refractivity contribution >= 4 is 11.6 Å². The molecule has 0 saturated carbocycles. The molecule has 0 heterocycles. The van der Waals surface area contributed by atoms with E-state index in [4.69, 9.17) is 5.26 Å². The minimum Gasteiger partial charge on any atom is -0.404 e. The molecule has 7 heteroatoms. The van der Waals surface area contributed by atoms with Crippen LogP contribution in [0.5, 0.6) is 5.75 Å². The van der Waals surface area contributed by atoms with Gasteiger partial charge in [-0.3, -0.25) is 4.79 Å². The third-order valence-corrected chi connectivity index (χ3v) is 2.28. The smallest absolute Gasteiger partial charge is 0.404 e. The number of halogens is 3. The lowest BCUT2D eigenvalue weighted by molar-refractivity contribution is -0.274. The number of carbonyl (C=O) groups is 1. The second kappa shape index (κ2) is 5.61. The van der Waals surface area contributed by atoms with Crippen molar-refractivity contribution in [2.24, 2.45) is 0 Å². The Morgan fingerprint density at radius 3 is 2.53 bits per heavy atom. The van der Waals surface area contributed by atoms with Crippen molar-refractivity contribution in [3.05, 3.63) is 23.3 Å². The molecule has 0 aliphatic carbocycles. The Balaban J connectivity index is 3.31. The lowest BCUT2D eigenvalue weighted by atomic mass is 10.0. The van der Waals surface area contributed by atoms with Gasteiger partial charge in [-0.25, -0.2) is 0 Å². The molecule has 0 radical (unpaired) electrons. The van der Waals surface area contributed by atoms with E-state index in [1.165, 1.54) is 13.0 Å². The van der Waals surface area contributed by atoms with Crippen LogP contribution in [0, 0.1) is 11.3 Å². The van der Waals surface area contributed by atoms with Crippen LogP contribution in [-0.2, 0) is 11.2 Å². The number of anilines is 1. The first kappa shape index (κ1) is 14.8. The molecule has 1 rings (SSSR count). The third-order valence-electron chi connectivity index (χ3n) is 2.28. The average Bonchev–Trinajstić information content (AvgIpc) is 2.27. The number of nitrogens with one attached hydrogen (secondary N) is 1. The number of hydrogen-bond donors (Lipinski definition) is 1. The van der Waals surface area contributed by atoms with Crippen LogP contribution in [0.1, 0.15) is 25.0 Å². The van der Waals surface area contributed by atoms with E-state index in [9.17, 15) is 18.0 Å². The number of hydrogen-bond acceptors (Lipinski definition) is 3. The maximum Gasteiger partial charge on any atom is 0.573 e. The topological polar surface area (TPSA) is 62.1 Å². The van der Waals surface area contributed by atoms with Crippen LogP contribution < -0.4 is 10.1 Å².